The number of aromatic nitrogens is 2. The molecule has 14 heavy (non-hydrogen) atoms. The summed E-state index contributed by atoms with van der Waals surface area (Å²) in [4.78, 5) is 0. The molecule has 0 bridgehead atoms. The molecule has 0 aliphatic heterocycles. The monoisotopic (exact) mass is 496 g/mol. The third-order valence-electron chi connectivity index (χ3n) is 1.31. The van der Waals surface area contributed by atoms with Gasteiger partial charge in [-0.3, -0.25) is 0 Å². The zero-order chi connectivity index (χ0) is 11.2. The summed E-state index contributed by atoms with van der Waals surface area (Å²) in [5.74, 6) is 0. The number of aryl methyl sites for hydroxylation is 2. The first-order chi connectivity index (χ1) is 6.33. The van der Waals surface area contributed by atoms with Gasteiger partial charge in [0.1, 0.15) is 12.4 Å². The van der Waals surface area contributed by atoms with Crippen LogP contribution >= 0.6 is 56.4 Å². The summed E-state index contributed by atoms with van der Waals surface area (Å²) in [5.41, 5.74) is -1.38. The van der Waals surface area contributed by atoms with E-state index in [-0.39, 0.29) is 0 Å². The second-order valence-corrected chi connectivity index (χ2v) is 38.4. The van der Waals surface area contributed by atoms with Gasteiger partial charge in [-0.1, -0.05) is 6.92 Å². The molecule has 0 atom stereocenters. The molecular weight excluding hydrogens is 487 g/mol. The Morgan fingerprint density at radius 1 is 1.29 bits per heavy atom. The minimum absolute atomic E-state index is 1.13. The Bertz CT molecular complexity index is 252. The van der Waals surface area contributed by atoms with Crippen molar-refractivity contribution in [3.05, 3.63) is 18.7 Å². The van der Waals surface area contributed by atoms with Crippen LogP contribution in [0.3, 0.4) is 0 Å². The van der Waals surface area contributed by atoms with E-state index in [0.29, 0.717) is 0 Å². The summed E-state index contributed by atoms with van der Waals surface area (Å²) in [6.07, 6.45) is 7.43. The van der Waals surface area contributed by atoms with Gasteiger partial charge in [0.15, 0.2) is 0 Å². The summed E-state index contributed by atoms with van der Waals surface area (Å²) >= 11 is 13.1. The number of rotatable bonds is 2. The molecule has 0 radical (unpaired) electrons. The fraction of sp³-hybridized carbons (Fsp3) is 0.571. The molecule has 2 nitrogen and oxygen atoms in total. The van der Waals surface area contributed by atoms with E-state index >= 15 is 0 Å². The van der Waals surface area contributed by atoms with Crippen molar-refractivity contribution < 1.29 is 10.2 Å². The maximum atomic E-state index is 3.27. The van der Waals surface area contributed by atoms with Crippen LogP contribution in [0.15, 0.2) is 18.7 Å². The van der Waals surface area contributed by atoms with E-state index in [9.17, 15) is 0 Å². The number of imidazole rings is 1. The van der Waals surface area contributed by atoms with Crippen LogP contribution in [0.5, 0.6) is 0 Å². The van der Waals surface area contributed by atoms with Crippen LogP contribution < -0.4 is 4.57 Å². The quantitative estimate of drug-likeness (QED) is 0.428. The zero-order valence-corrected chi connectivity index (χ0v) is 15.5. The Morgan fingerprint density at radius 2 is 1.79 bits per heavy atom. The van der Waals surface area contributed by atoms with Crippen LogP contribution in [0.25, 0.3) is 0 Å². The fourth-order valence-electron chi connectivity index (χ4n) is 0.892. The molecule has 0 aliphatic carbocycles. The third-order valence-corrected chi connectivity index (χ3v) is 1.31. The van der Waals surface area contributed by atoms with Crippen molar-refractivity contribution in [2.45, 2.75) is 19.9 Å². The molecule has 0 fully saturated rings. The van der Waals surface area contributed by atoms with Gasteiger partial charge in [-0.05, 0) is 6.42 Å². The third kappa shape index (κ3) is 11.7. The van der Waals surface area contributed by atoms with Gasteiger partial charge < -0.3 is 0 Å². The Kier molecular flexibility index (Phi) is 8.77. The SMILES string of the molecule is CCCn1cc[n+](C)c1.[Br][Mn]([Br])([Br])[Br]. The molecule has 7 heteroatoms. The average molecular weight is 500 g/mol. The molecule has 1 heterocycles. The van der Waals surface area contributed by atoms with Gasteiger partial charge in [-0.2, -0.15) is 0 Å². The molecule has 0 spiro atoms. The van der Waals surface area contributed by atoms with Crippen molar-refractivity contribution in [1.82, 2.24) is 4.57 Å². The maximum absolute atomic E-state index is 3.27. The molecule has 0 saturated heterocycles. The van der Waals surface area contributed by atoms with Crippen molar-refractivity contribution in [3.63, 3.8) is 0 Å². The summed E-state index contributed by atoms with van der Waals surface area (Å²) in [6, 6.07) is 0. The van der Waals surface area contributed by atoms with Crippen molar-refractivity contribution in [2.75, 3.05) is 0 Å². The van der Waals surface area contributed by atoms with E-state index in [1.54, 1.807) is 0 Å². The molecule has 0 saturated carbocycles. The Balaban J connectivity index is 0.000000292. The minimum atomic E-state index is -1.38. The Labute approximate surface area is 115 Å². The van der Waals surface area contributed by atoms with E-state index in [1.165, 1.54) is 6.42 Å². The van der Waals surface area contributed by atoms with Crippen molar-refractivity contribution in [3.8, 4) is 0 Å². The summed E-state index contributed by atoms with van der Waals surface area (Å²) in [7, 11) is 2.03. The van der Waals surface area contributed by atoms with Gasteiger partial charge in [0.2, 0.25) is 6.33 Å². The van der Waals surface area contributed by atoms with Gasteiger partial charge in [-0.15, -0.1) is 0 Å². The van der Waals surface area contributed by atoms with Gasteiger partial charge in [-0.25, -0.2) is 9.13 Å². The molecule has 1 aromatic rings. The van der Waals surface area contributed by atoms with Crippen LogP contribution in [-0.4, -0.2) is 4.57 Å². The Hall–Kier alpha value is 1.65. The first-order valence-electron chi connectivity index (χ1n) is 3.91. The molecule has 0 unspecified atom stereocenters. The summed E-state index contributed by atoms with van der Waals surface area (Å²) < 4.78 is 4.23. The van der Waals surface area contributed by atoms with Gasteiger partial charge in [0, 0.05) is 0 Å². The van der Waals surface area contributed by atoms with Crippen molar-refractivity contribution in [2.24, 2.45) is 7.05 Å². The van der Waals surface area contributed by atoms with Crippen molar-refractivity contribution in [1.29, 1.82) is 0 Å². The van der Waals surface area contributed by atoms with Crippen LogP contribution in [0, 0.1) is 0 Å². The van der Waals surface area contributed by atoms with E-state index in [4.69, 9.17) is 0 Å². The molecule has 0 amide bonds. The van der Waals surface area contributed by atoms with E-state index in [0.717, 1.165) is 6.54 Å². The Morgan fingerprint density at radius 3 is 2.07 bits per heavy atom. The van der Waals surface area contributed by atoms with Crippen LogP contribution in [0.1, 0.15) is 13.3 Å². The predicted molar refractivity (Wildman–Crippen MR) is 71.6 cm³/mol. The molecular formula is C7H13Br4MnN2+. The van der Waals surface area contributed by atoms with Crippen LogP contribution in [0.4, 0.5) is 0 Å². The molecule has 0 aromatic carbocycles. The number of nitrogens with zero attached hydrogens (tertiary/aromatic N) is 2. The number of hydrogen-bond acceptors (Lipinski definition) is 0. The predicted octanol–water partition coefficient (Wildman–Crippen LogP) is 4.10. The van der Waals surface area contributed by atoms with Crippen LogP contribution in [-0.2, 0) is 19.2 Å². The number of halogens is 4. The summed E-state index contributed by atoms with van der Waals surface area (Å²) in [5, 5.41) is 0. The zero-order valence-electron chi connectivity index (χ0n) is 7.93. The molecule has 1 rings (SSSR count). The second-order valence-electron chi connectivity index (χ2n) is 2.64. The molecule has 0 aliphatic rings. The topological polar surface area (TPSA) is 8.81 Å². The standard InChI is InChI=1S/C7H13N2.4BrH.Mn/c1-3-4-9-6-5-8(2)7-9;;;;;/h5-7H,3-4H2,1-2H3;4*1H;/q+1;;;;;+4/p-4. The van der Waals surface area contributed by atoms with Crippen LogP contribution in [0.2, 0.25) is 0 Å². The second kappa shape index (κ2) is 7.85. The average Bonchev–Trinajstić information content (AvgIpc) is 2.32. The van der Waals surface area contributed by atoms with Gasteiger partial charge in [0.05, 0.1) is 13.6 Å². The first-order valence-corrected chi connectivity index (χ1v) is 15.6. The normalized spacial score (nSPS) is 11.9. The number of hydrogen-bond donors (Lipinski definition) is 0. The van der Waals surface area contributed by atoms with Gasteiger partial charge >= 0.3 is 62.1 Å². The first kappa shape index (κ1) is 15.6. The van der Waals surface area contributed by atoms with E-state index < -0.39 is 5.61 Å². The fourth-order valence-corrected chi connectivity index (χ4v) is 0.892. The molecule has 0 N–H and O–H groups in total. The molecule has 85 valence electrons. The van der Waals surface area contributed by atoms with Crippen molar-refractivity contribution >= 4 is 56.4 Å². The summed E-state index contributed by atoms with van der Waals surface area (Å²) in [6.45, 7) is 3.31. The molecule has 1 aromatic heterocycles. The van der Waals surface area contributed by atoms with E-state index in [1.807, 2.05) is 7.05 Å². The van der Waals surface area contributed by atoms with Gasteiger partial charge in [0.25, 0.3) is 0 Å². The van der Waals surface area contributed by atoms with E-state index in [2.05, 4.69) is 91.2 Å².